The number of amides is 3. The third-order valence-electron chi connectivity index (χ3n) is 12.5. The average molecular weight is 851 g/mol. The second-order valence-corrected chi connectivity index (χ2v) is 19.8. The summed E-state index contributed by atoms with van der Waals surface area (Å²) in [5.74, 6) is -1.32. The smallest absolute Gasteiger partial charge is 0.323 e. The highest BCUT2D eigenvalue weighted by Crippen LogP contribution is 2.58. The number of aromatic nitrogens is 1. The molecule has 3 saturated heterocycles. The number of hydrogen-bond acceptors (Lipinski definition) is 10. The third-order valence-corrected chi connectivity index (χ3v) is 15.7. The monoisotopic (exact) mass is 850 g/mol. The van der Waals surface area contributed by atoms with Crippen molar-refractivity contribution < 1.29 is 33.0 Å². The van der Waals surface area contributed by atoms with E-state index in [9.17, 15) is 29.0 Å². The molecule has 2 N–H and O–H groups in total. The van der Waals surface area contributed by atoms with Crippen molar-refractivity contribution in [1.29, 1.82) is 5.26 Å². The Hall–Kier alpha value is -5.09. The van der Waals surface area contributed by atoms with Crippen LogP contribution in [0.15, 0.2) is 79.1 Å². The van der Waals surface area contributed by atoms with Crippen LogP contribution in [0.3, 0.4) is 0 Å². The predicted molar refractivity (Wildman–Crippen MR) is 227 cm³/mol. The highest BCUT2D eigenvalue weighted by Gasteiger charge is 2.64. The normalized spacial score (nSPS) is 24.8. The highest BCUT2D eigenvalue weighted by molar-refractivity contribution is 7.56. The van der Waals surface area contributed by atoms with Crippen LogP contribution < -0.4 is 14.9 Å². The first kappa shape index (κ1) is 41.6. The van der Waals surface area contributed by atoms with Gasteiger partial charge in [-0.25, -0.2) is 5.09 Å². The lowest BCUT2D eigenvalue weighted by Gasteiger charge is -2.37. The number of nitrogens with one attached hydrogen (secondary N) is 2. The molecule has 7 atom stereocenters. The van der Waals surface area contributed by atoms with Gasteiger partial charge < -0.3 is 24.4 Å². The van der Waals surface area contributed by atoms with Gasteiger partial charge in [0.25, 0.3) is 5.91 Å². The van der Waals surface area contributed by atoms with Crippen LogP contribution in [-0.2, 0) is 29.8 Å². The van der Waals surface area contributed by atoms with Crippen molar-refractivity contribution in [3.63, 3.8) is 0 Å². The molecule has 2 unspecified atom stereocenters. The molecule has 60 heavy (non-hydrogen) atoms. The van der Waals surface area contributed by atoms with Gasteiger partial charge in [-0.3, -0.25) is 28.7 Å². The third kappa shape index (κ3) is 8.45. The zero-order valence-electron chi connectivity index (χ0n) is 34.0. The Bertz CT molecular complexity index is 2330. The number of nitrogens with zero attached hydrogens (tertiary/aromatic N) is 4. The number of para-hydroxylation sites is 1. The van der Waals surface area contributed by atoms with Crippen LogP contribution in [0.5, 0.6) is 5.75 Å². The maximum absolute atomic E-state index is 14.6. The van der Waals surface area contributed by atoms with Crippen LogP contribution in [0.2, 0.25) is 0 Å². The van der Waals surface area contributed by atoms with E-state index in [1.165, 1.54) is 11.3 Å². The Morgan fingerprint density at radius 3 is 2.58 bits per heavy atom. The Morgan fingerprint density at radius 1 is 1.05 bits per heavy atom. The van der Waals surface area contributed by atoms with E-state index in [-0.39, 0.29) is 48.4 Å². The minimum atomic E-state index is -3.70. The minimum Gasteiger partial charge on any atom is -0.465 e. The van der Waals surface area contributed by atoms with Crippen LogP contribution in [0, 0.1) is 17.2 Å². The SMILES string of the molecule is CCCOC(=O)[C@H](C)NP(=O)(Cc1ccc2sc(C(=O)NC3CCCC[C@H]4CC[C@@H](C(=O)N5C[C@@H](c6cccnc6)[C@H](C#N)C56CC6)N4C3=O)cc2c1)Oc1ccccc1. The Kier molecular flexibility index (Phi) is 12.1. The van der Waals surface area contributed by atoms with Crippen molar-refractivity contribution in [3.8, 4) is 11.8 Å². The summed E-state index contributed by atoms with van der Waals surface area (Å²) in [4.78, 5) is 64.1. The van der Waals surface area contributed by atoms with Gasteiger partial charge in [-0.2, -0.15) is 5.26 Å². The summed E-state index contributed by atoms with van der Waals surface area (Å²) in [5.41, 5.74) is 1.11. The second kappa shape index (κ2) is 17.5. The van der Waals surface area contributed by atoms with E-state index in [2.05, 4.69) is 21.5 Å². The van der Waals surface area contributed by atoms with Gasteiger partial charge in [0.15, 0.2) is 0 Å². The summed E-state index contributed by atoms with van der Waals surface area (Å²) < 4.78 is 26.5. The number of esters is 1. The van der Waals surface area contributed by atoms with E-state index in [4.69, 9.17) is 9.26 Å². The molecule has 8 rings (SSSR count). The molecule has 4 aliphatic rings. The number of rotatable bonds is 13. The molecule has 2 aromatic carbocycles. The van der Waals surface area contributed by atoms with Crippen molar-refractivity contribution in [2.24, 2.45) is 5.92 Å². The summed E-state index contributed by atoms with van der Waals surface area (Å²) in [5, 5.41) is 17.0. The molecule has 2 aromatic heterocycles. The van der Waals surface area contributed by atoms with Crippen molar-refractivity contribution >= 4 is 52.6 Å². The van der Waals surface area contributed by atoms with Crippen LogP contribution in [0.1, 0.15) is 98.4 Å². The van der Waals surface area contributed by atoms with E-state index in [1.807, 2.05) is 48.2 Å². The summed E-state index contributed by atoms with van der Waals surface area (Å²) in [6.45, 7) is 4.16. The number of nitriles is 1. The first-order valence-corrected chi connectivity index (χ1v) is 23.7. The van der Waals surface area contributed by atoms with Gasteiger partial charge in [-0.1, -0.05) is 50.1 Å². The fourth-order valence-electron chi connectivity index (χ4n) is 9.44. The number of hydrogen-bond donors (Lipinski definition) is 2. The number of carbonyl (C=O) groups is 4. The lowest BCUT2D eigenvalue weighted by molar-refractivity contribution is -0.148. The number of thiophene rings is 1. The molecular weight excluding hydrogens is 800 g/mol. The second-order valence-electron chi connectivity index (χ2n) is 16.6. The maximum Gasteiger partial charge on any atom is 0.323 e. The number of likely N-dealkylation sites (tertiary alicyclic amines) is 1. The van der Waals surface area contributed by atoms with Crippen LogP contribution in [0.25, 0.3) is 10.1 Å². The first-order chi connectivity index (χ1) is 29.0. The van der Waals surface area contributed by atoms with Gasteiger partial charge in [0.05, 0.1) is 35.2 Å². The number of pyridine rings is 1. The van der Waals surface area contributed by atoms with Crippen molar-refractivity contribution in [1.82, 2.24) is 25.2 Å². The summed E-state index contributed by atoms with van der Waals surface area (Å²) in [7, 11) is -3.70. The van der Waals surface area contributed by atoms with Gasteiger partial charge in [0.1, 0.15) is 23.9 Å². The van der Waals surface area contributed by atoms with Gasteiger partial charge in [0.2, 0.25) is 11.8 Å². The standard InChI is InChI=1S/C45H51N6O7PS/c1-3-22-57-44(55)29(2)49-59(56,58-34-12-5-4-6-13-34)28-30-15-18-39-32(23-30)24-40(60-39)41(52)48-37-14-8-7-11-33-16-17-38(51(33)42(37)53)43(54)50-27-35(31-10-9-21-47-26-31)36(25-46)45(50)19-20-45/h4-6,9-10,12-13,15,18,21,23-24,26,29,33,35-38H,3,7-8,11,14,16-17,19-20,22,27-28H2,1-2H3,(H,48,52)(H,49,56)/t29-,33-,35-,36-,37?,38-,59?/m0/s1. The fourth-order valence-corrected chi connectivity index (χ4v) is 12.4. The van der Waals surface area contributed by atoms with Gasteiger partial charge >= 0.3 is 13.5 Å². The minimum absolute atomic E-state index is 0.0338. The quantitative estimate of drug-likeness (QED) is 0.103. The molecular formula is C45H51N6O7PS. The molecule has 5 heterocycles. The molecule has 0 bridgehead atoms. The Morgan fingerprint density at radius 2 is 1.85 bits per heavy atom. The lowest BCUT2D eigenvalue weighted by atomic mass is 9.85. The maximum atomic E-state index is 14.6. The molecule has 1 spiro atoms. The molecule has 15 heteroatoms. The van der Waals surface area contributed by atoms with E-state index >= 15 is 0 Å². The van der Waals surface area contributed by atoms with E-state index in [0.717, 1.165) is 54.2 Å². The first-order valence-electron chi connectivity index (χ1n) is 21.1. The van der Waals surface area contributed by atoms with E-state index < -0.39 is 37.2 Å². The molecule has 13 nitrogen and oxygen atoms in total. The zero-order chi connectivity index (χ0) is 42.0. The molecule has 314 valence electrons. The molecule has 1 aliphatic carbocycles. The Labute approximate surface area is 354 Å². The lowest BCUT2D eigenvalue weighted by Crippen LogP contribution is -2.57. The van der Waals surface area contributed by atoms with Gasteiger partial charge in [-0.15, -0.1) is 11.3 Å². The zero-order valence-corrected chi connectivity index (χ0v) is 35.7. The van der Waals surface area contributed by atoms with Crippen molar-refractivity contribution in [2.75, 3.05) is 13.2 Å². The topological polar surface area (TPSA) is 171 Å². The molecule has 1 saturated carbocycles. The van der Waals surface area contributed by atoms with Crippen LogP contribution in [-0.4, -0.2) is 81.3 Å². The number of benzene rings is 2. The largest absolute Gasteiger partial charge is 0.465 e. The number of carbonyl (C=O) groups excluding carboxylic acids is 4. The van der Waals surface area contributed by atoms with Crippen LogP contribution >= 0.6 is 18.9 Å². The predicted octanol–water partition coefficient (Wildman–Crippen LogP) is 7.33. The molecule has 4 aromatic rings. The van der Waals surface area contributed by atoms with Gasteiger partial charge in [0, 0.05) is 35.6 Å². The molecule has 3 aliphatic heterocycles. The molecule has 4 fully saturated rings. The highest BCUT2D eigenvalue weighted by atomic mass is 32.1. The summed E-state index contributed by atoms with van der Waals surface area (Å²) in [6, 6.07) is 20.0. The van der Waals surface area contributed by atoms with Crippen molar-refractivity contribution in [2.45, 2.75) is 113 Å². The van der Waals surface area contributed by atoms with Crippen LogP contribution in [0.4, 0.5) is 0 Å². The fraction of sp³-hybridized carbons (Fsp3) is 0.467. The summed E-state index contributed by atoms with van der Waals surface area (Å²) >= 11 is 1.30. The van der Waals surface area contributed by atoms with E-state index in [1.54, 1.807) is 54.5 Å². The average Bonchev–Trinajstić information content (AvgIpc) is 3.57. The van der Waals surface area contributed by atoms with Gasteiger partial charge in [-0.05, 0) is 105 Å². The summed E-state index contributed by atoms with van der Waals surface area (Å²) in [6.07, 6.45) is 9.83. The van der Waals surface area contributed by atoms with E-state index in [0.29, 0.717) is 42.0 Å². The Balaban J connectivity index is 0.976. The molecule has 0 radical (unpaired) electrons. The number of fused-ring (bicyclic) bond motifs is 2. The number of ether oxygens (including phenoxy) is 1. The van der Waals surface area contributed by atoms with Crippen molar-refractivity contribution in [3.05, 3.63) is 95.1 Å². The molecule has 3 amide bonds.